The molecule has 0 saturated carbocycles. The number of thiocarbonyl (C=S) groups is 1. The molecule has 5 heteroatoms. The van der Waals surface area contributed by atoms with Gasteiger partial charge in [0.15, 0.2) is 5.11 Å². The molecular weight excluding hydrogens is 186 g/mol. The van der Waals surface area contributed by atoms with Crippen LogP contribution in [0.25, 0.3) is 0 Å². The van der Waals surface area contributed by atoms with Gasteiger partial charge in [-0.3, -0.25) is 0 Å². The first-order chi connectivity index (χ1) is 6.22. The third kappa shape index (κ3) is 3.25. The molecule has 0 fully saturated rings. The number of methoxy groups -OCH3 is 1. The van der Waals surface area contributed by atoms with E-state index in [2.05, 4.69) is 22.5 Å². The highest BCUT2D eigenvalue weighted by molar-refractivity contribution is 7.80. The van der Waals surface area contributed by atoms with Crippen LogP contribution >= 0.6 is 12.2 Å². The molecule has 1 aromatic heterocycles. The van der Waals surface area contributed by atoms with Crippen molar-refractivity contribution in [2.45, 2.75) is 6.54 Å². The summed E-state index contributed by atoms with van der Waals surface area (Å²) in [6.45, 7) is 0.591. The van der Waals surface area contributed by atoms with Crippen molar-refractivity contribution in [2.75, 3.05) is 7.11 Å². The maximum absolute atomic E-state index is 5.28. The predicted octanol–water partition coefficient (Wildman–Crippen LogP) is 0.423. The van der Waals surface area contributed by atoms with Crippen molar-refractivity contribution in [1.29, 1.82) is 0 Å². The van der Waals surface area contributed by atoms with Crippen LogP contribution in [0, 0.1) is 0 Å². The summed E-state index contributed by atoms with van der Waals surface area (Å²) >= 11 is 4.68. The molecule has 0 radical (unpaired) electrons. The quantitative estimate of drug-likeness (QED) is 0.688. The van der Waals surface area contributed by atoms with Gasteiger partial charge in [0.1, 0.15) is 0 Å². The van der Waals surface area contributed by atoms with Crippen LogP contribution in [-0.2, 0) is 6.54 Å². The topological polar surface area (TPSA) is 60.2 Å². The van der Waals surface area contributed by atoms with Crippen molar-refractivity contribution in [3.8, 4) is 5.88 Å². The van der Waals surface area contributed by atoms with Gasteiger partial charge in [-0.05, 0) is 23.8 Å². The largest absolute Gasteiger partial charge is 0.481 e. The van der Waals surface area contributed by atoms with Gasteiger partial charge >= 0.3 is 0 Å². The molecule has 0 spiro atoms. The molecule has 0 aliphatic rings. The number of ether oxygens (including phenoxy) is 1. The highest BCUT2D eigenvalue weighted by atomic mass is 32.1. The van der Waals surface area contributed by atoms with E-state index in [4.69, 9.17) is 10.5 Å². The van der Waals surface area contributed by atoms with Crippen LogP contribution < -0.4 is 15.8 Å². The summed E-state index contributed by atoms with van der Waals surface area (Å²) in [5, 5.41) is 3.13. The molecule has 0 saturated heterocycles. The Kier molecular flexibility index (Phi) is 3.45. The lowest BCUT2D eigenvalue weighted by Crippen LogP contribution is -2.28. The lowest BCUT2D eigenvalue weighted by molar-refractivity contribution is 0.397. The molecule has 0 aliphatic heterocycles. The highest BCUT2D eigenvalue weighted by Crippen LogP contribution is 2.07. The Bertz CT molecular complexity index is 303. The molecule has 1 aromatic rings. The van der Waals surface area contributed by atoms with E-state index < -0.39 is 0 Å². The first kappa shape index (κ1) is 9.73. The van der Waals surface area contributed by atoms with Gasteiger partial charge in [-0.1, -0.05) is 0 Å². The van der Waals surface area contributed by atoms with Crippen molar-refractivity contribution in [3.05, 3.63) is 23.9 Å². The van der Waals surface area contributed by atoms with Crippen molar-refractivity contribution >= 4 is 17.3 Å². The molecule has 0 amide bonds. The van der Waals surface area contributed by atoms with Crippen molar-refractivity contribution in [1.82, 2.24) is 10.3 Å². The molecule has 1 heterocycles. The summed E-state index contributed by atoms with van der Waals surface area (Å²) in [5.74, 6) is 0.585. The van der Waals surface area contributed by atoms with E-state index in [0.717, 1.165) is 5.56 Å². The van der Waals surface area contributed by atoms with Crippen molar-refractivity contribution in [2.24, 2.45) is 5.73 Å². The third-order valence-corrected chi connectivity index (χ3v) is 1.62. The number of nitrogens with zero attached hydrogens (tertiary/aromatic N) is 1. The van der Waals surface area contributed by atoms with E-state index in [9.17, 15) is 0 Å². The number of rotatable bonds is 3. The number of pyridine rings is 1. The molecule has 0 atom stereocenters. The average Bonchev–Trinajstić information content (AvgIpc) is 2.15. The first-order valence-corrected chi connectivity index (χ1v) is 4.15. The zero-order valence-corrected chi connectivity index (χ0v) is 8.10. The predicted molar refractivity (Wildman–Crippen MR) is 54.4 cm³/mol. The van der Waals surface area contributed by atoms with Gasteiger partial charge in [-0.15, -0.1) is 0 Å². The standard InChI is InChI=1S/C8H11N3OS/c1-12-7-4-6(2-3-10-7)5-11-8(9)13/h2-4H,5H2,1H3,(H3,9,11,13). The molecule has 4 nitrogen and oxygen atoms in total. The van der Waals surface area contributed by atoms with Gasteiger partial charge in [0.25, 0.3) is 0 Å². The second-order valence-electron chi connectivity index (χ2n) is 2.42. The Morgan fingerprint density at radius 2 is 2.54 bits per heavy atom. The SMILES string of the molecule is COc1cc(CNC(N)=S)ccn1. The normalized spacial score (nSPS) is 9.31. The Morgan fingerprint density at radius 1 is 1.77 bits per heavy atom. The summed E-state index contributed by atoms with van der Waals surface area (Å²) in [6, 6.07) is 3.69. The maximum atomic E-state index is 5.28. The third-order valence-electron chi connectivity index (χ3n) is 1.48. The highest BCUT2D eigenvalue weighted by Gasteiger charge is 1.96. The number of hydrogen-bond acceptors (Lipinski definition) is 3. The summed E-state index contributed by atoms with van der Waals surface area (Å²) < 4.78 is 4.96. The average molecular weight is 197 g/mol. The van der Waals surface area contributed by atoms with Crippen LogP contribution in [0.4, 0.5) is 0 Å². The zero-order valence-electron chi connectivity index (χ0n) is 7.28. The minimum absolute atomic E-state index is 0.288. The van der Waals surface area contributed by atoms with E-state index in [-0.39, 0.29) is 5.11 Å². The van der Waals surface area contributed by atoms with Crippen LogP contribution in [0.2, 0.25) is 0 Å². The van der Waals surface area contributed by atoms with Crippen LogP contribution in [0.15, 0.2) is 18.3 Å². The molecule has 0 aromatic carbocycles. The van der Waals surface area contributed by atoms with E-state index in [0.29, 0.717) is 12.4 Å². The monoisotopic (exact) mass is 197 g/mol. The van der Waals surface area contributed by atoms with Crippen LogP contribution in [-0.4, -0.2) is 17.2 Å². The fraction of sp³-hybridized carbons (Fsp3) is 0.250. The minimum Gasteiger partial charge on any atom is -0.481 e. The molecule has 13 heavy (non-hydrogen) atoms. The van der Waals surface area contributed by atoms with Gasteiger partial charge < -0.3 is 15.8 Å². The molecule has 1 rings (SSSR count). The number of aromatic nitrogens is 1. The lowest BCUT2D eigenvalue weighted by atomic mass is 10.3. The Hall–Kier alpha value is -1.36. The smallest absolute Gasteiger partial charge is 0.213 e. The summed E-state index contributed by atoms with van der Waals surface area (Å²) in [6.07, 6.45) is 1.68. The summed E-state index contributed by atoms with van der Waals surface area (Å²) in [5.41, 5.74) is 6.31. The molecule has 0 bridgehead atoms. The Balaban J connectivity index is 2.61. The van der Waals surface area contributed by atoms with Crippen LogP contribution in [0.3, 0.4) is 0 Å². The van der Waals surface area contributed by atoms with E-state index in [1.165, 1.54) is 0 Å². The Labute approximate surface area is 82.1 Å². The van der Waals surface area contributed by atoms with Crippen LogP contribution in [0.1, 0.15) is 5.56 Å². The van der Waals surface area contributed by atoms with E-state index in [1.807, 2.05) is 12.1 Å². The molecule has 3 N–H and O–H groups in total. The van der Waals surface area contributed by atoms with Gasteiger partial charge in [0.05, 0.1) is 7.11 Å². The minimum atomic E-state index is 0.288. The molecule has 0 unspecified atom stereocenters. The molecular formula is C8H11N3OS. The first-order valence-electron chi connectivity index (χ1n) is 3.74. The summed E-state index contributed by atoms with van der Waals surface area (Å²) in [4.78, 5) is 3.97. The van der Waals surface area contributed by atoms with Gasteiger partial charge in [0.2, 0.25) is 5.88 Å². The van der Waals surface area contributed by atoms with Gasteiger partial charge in [-0.2, -0.15) is 0 Å². The zero-order chi connectivity index (χ0) is 9.68. The van der Waals surface area contributed by atoms with Crippen LogP contribution in [0.5, 0.6) is 5.88 Å². The maximum Gasteiger partial charge on any atom is 0.213 e. The fourth-order valence-corrected chi connectivity index (χ4v) is 0.933. The molecule has 70 valence electrons. The molecule has 0 aliphatic carbocycles. The number of nitrogens with one attached hydrogen (secondary N) is 1. The second-order valence-corrected chi connectivity index (χ2v) is 2.86. The number of hydrogen-bond donors (Lipinski definition) is 2. The van der Waals surface area contributed by atoms with Crippen molar-refractivity contribution in [3.63, 3.8) is 0 Å². The lowest BCUT2D eigenvalue weighted by Gasteiger charge is -2.04. The van der Waals surface area contributed by atoms with Gasteiger partial charge in [-0.25, -0.2) is 4.98 Å². The fourth-order valence-electron chi connectivity index (χ4n) is 0.861. The second kappa shape index (κ2) is 4.61. The Morgan fingerprint density at radius 3 is 3.15 bits per heavy atom. The van der Waals surface area contributed by atoms with E-state index >= 15 is 0 Å². The van der Waals surface area contributed by atoms with E-state index in [1.54, 1.807) is 13.3 Å². The van der Waals surface area contributed by atoms with Crippen molar-refractivity contribution < 1.29 is 4.74 Å². The van der Waals surface area contributed by atoms with Gasteiger partial charge in [0, 0.05) is 18.8 Å². The summed E-state index contributed by atoms with van der Waals surface area (Å²) in [7, 11) is 1.58. The number of nitrogens with two attached hydrogens (primary N) is 1.